The molecule has 8 nitrogen and oxygen atoms in total. The second kappa shape index (κ2) is 8.49. The number of carbonyl (C=O) groups is 1. The predicted octanol–water partition coefficient (Wildman–Crippen LogP) is 0.737. The number of nitrogens with one attached hydrogen (secondary N) is 1. The number of rotatable bonds is 6. The van der Waals surface area contributed by atoms with Crippen molar-refractivity contribution in [2.24, 2.45) is 7.05 Å². The van der Waals surface area contributed by atoms with Crippen LogP contribution in [0.3, 0.4) is 0 Å². The number of likely N-dealkylation sites (N-methyl/N-ethyl adjacent to an activating group) is 1. The van der Waals surface area contributed by atoms with E-state index in [0.29, 0.717) is 19.6 Å². The zero-order valence-electron chi connectivity index (χ0n) is 16.5. The molecule has 1 amide bonds. The van der Waals surface area contributed by atoms with Crippen molar-refractivity contribution < 1.29 is 9.53 Å². The first kappa shape index (κ1) is 19.3. The molecule has 8 heteroatoms. The molecular weight excluding hydrogens is 344 g/mol. The molecule has 146 valence electrons. The first-order chi connectivity index (χ1) is 13.0. The zero-order valence-corrected chi connectivity index (χ0v) is 16.5. The Bertz CT molecular complexity index is 790. The largest absolute Gasteiger partial charge is 0.496 e. The van der Waals surface area contributed by atoms with Crippen LogP contribution in [-0.4, -0.2) is 70.8 Å². The zero-order chi connectivity index (χ0) is 19.4. The van der Waals surface area contributed by atoms with E-state index in [1.807, 2.05) is 59.7 Å². The fourth-order valence-corrected chi connectivity index (χ4v) is 3.43. The molecule has 1 atom stereocenters. The molecule has 1 aliphatic rings. The highest BCUT2D eigenvalue weighted by atomic mass is 16.5. The minimum atomic E-state index is -0.0344. The fourth-order valence-electron chi connectivity index (χ4n) is 3.43. The Kier molecular flexibility index (Phi) is 6.08. The topological polar surface area (TPSA) is 75.5 Å². The average molecular weight is 372 g/mol. The number of aromatic nitrogens is 3. The molecule has 2 heterocycles. The van der Waals surface area contributed by atoms with Gasteiger partial charge in [0.15, 0.2) is 0 Å². The molecule has 1 aromatic heterocycles. The third-order valence-electron chi connectivity index (χ3n) is 5.06. The van der Waals surface area contributed by atoms with Gasteiger partial charge < -0.3 is 19.5 Å². The summed E-state index contributed by atoms with van der Waals surface area (Å²) in [5.41, 5.74) is 1.03. The number of para-hydroxylation sites is 1. The van der Waals surface area contributed by atoms with Crippen LogP contribution in [0.2, 0.25) is 0 Å². The van der Waals surface area contributed by atoms with Gasteiger partial charge in [0.1, 0.15) is 17.4 Å². The van der Waals surface area contributed by atoms with E-state index in [1.165, 1.54) is 0 Å². The van der Waals surface area contributed by atoms with Gasteiger partial charge in [-0.15, -0.1) is 10.2 Å². The number of aryl methyl sites for hydroxylation is 1. The summed E-state index contributed by atoms with van der Waals surface area (Å²) in [7, 11) is 5.54. The lowest BCUT2D eigenvalue weighted by Crippen LogP contribution is -2.51. The normalized spacial score (nSPS) is 17.4. The van der Waals surface area contributed by atoms with Gasteiger partial charge in [-0.05, 0) is 20.0 Å². The maximum absolute atomic E-state index is 13.0. The first-order valence-electron chi connectivity index (χ1n) is 9.17. The third kappa shape index (κ3) is 4.28. The summed E-state index contributed by atoms with van der Waals surface area (Å²) in [4.78, 5) is 17.0. The van der Waals surface area contributed by atoms with E-state index in [-0.39, 0.29) is 11.9 Å². The van der Waals surface area contributed by atoms with E-state index in [4.69, 9.17) is 4.74 Å². The highest BCUT2D eigenvalue weighted by Gasteiger charge is 2.30. The van der Waals surface area contributed by atoms with Crippen LogP contribution in [-0.2, 0) is 18.4 Å². The molecule has 0 radical (unpaired) electrons. The molecule has 0 bridgehead atoms. The summed E-state index contributed by atoms with van der Waals surface area (Å²) in [5, 5.41) is 11.6. The molecule has 27 heavy (non-hydrogen) atoms. The van der Waals surface area contributed by atoms with Gasteiger partial charge in [0, 0.05) is 32.2 Å². The van der Waals surface area contributed by atoms with E-state index in [0.717, 1.165) is 36.1 Å². The van der Waals surface area contributed by atoms with Gasteiger partial charge in [0.2, 0.25) is 5.91 Å². The van der Waals surface area contributed by atoms with Crippen molar-refractivity contribution in [1.82, 2.24) is 29.9 Å². The Morgan fingerprint density at radius 3 is 2.85 bits per heavy atom. The summed E-state index contributed by atoms with van der Waals surface area (Å²) in [6, 6.07) is 7.87. The quantitative estimate of drug-likeness (QED) is 0.806. The lowest BCUT2D eigenvalue weighted by Gasteiger charge is -2.37. The number of amides is 1. The molecule has 3 rings (SSSR count). The molecule has 0 saturated carbocycles. The minimum Gasteiger partial charge on any atom is -0.496 e. The number of nitrogens with zero attached hydrogens (tertiary/aromatic N) is 5. The maximum atomic E-state index is 13.0. The van der Waals surface area contributed by atoms with E-state index in [9.17, 15) is 4.79 Å². The van der Waals surface area contributed by atoms with Crippen LogP contribution in [0, 0.1) is 6.92 Å². The second-order valence-corrected chi connectivity index (χ2v) is 6.94. The van der Waals surface area contributed by atoms with Gasteiger partial charge in [-0.25, -0.2) is 0 Å². The first-order valence-corrected chi connectivity index (χ1v) is 9.17. The van der Waals surface area contributed by atoms with Crippen molar-refractivity contribution in [1.29, 1.82) is 0 Å². The Hall–Kier alpha value is -2.45. The van der Waals surface area contributed by atoms with Crippen molar-refractivity contribution >= 4 is 5.91 Å². The van der Waals surface area contributed by atoms with Gasteiger partial charge in [0.05, 0.1) is 26.2 Å². The van der Waals surface area contributed by atoms with Crippen molar-refractivity contribution in [2.45, 2.75) is 19.5 Å². The molecule has 1 aliphatic heterocycles. The van der Waals surface area contributed by atoms with Crippen LogP contribution in [0.25, 0.3) is 0 Å². The lowest BCUT2D eigenvalue weighted by atomic mass is 10.0. The monoisotopic (exact) mass is 372 g/mol. The highest BCUT2D eigenvalue weighted by molar-refractivity contribution is 5.79. The predicted molar refractivity (Wildman–Crippen MR) is 102 cm³/mol. The van der Waals surface area contributed by atoms with Crippen molar-refractivity contribution in [3.8, 4) is 5.75 Å². The van der Waals surface area contributed by atoms with Crippen LogP contribution in [0.4, 0.5) is 0 Å². The number of ether oxygens (including phenoxy) is 1. The Morgan fingerprint density at radius 1 is 1.37 bits per heavy atom. The van der Waals surface area contributed by atoms with Crippen LogP contribution >= 0.6 is 0 Å². The number of methoxy groups -OCH3 is 1. The van der Waals surface area contributed by atoms with Gasteiger partial charge in [0.25, 0.3) is 0 Å². The molecule has 2 aromatic rings. The highest BCUT2D eigenvalue weighted by Crippen LogP contribution is 2.30. The molecular formula is C19H28N6O2. The van der Waals surface area contributed by atoms with Gasteiger partial charge in [-0.1, -0.05) is 18.2 Å². The van der Waals surface area contributed by atoms with Crippen molar-refractivity contribution in [3.05, 3.63) is 41.5 Å². The number of benzene rings is 1. The maximum Gasteiger partial charge on any atom is 0.237 e. The molecule has 1 N–H and O–H groups in total. The molecule has 0 spiro atoms. The summed E-state index contributed by atoms with van der Waals surface area (Å²) in [6.07, 6.45) is 0. The standard InChI is InChI=1S/C19H28N6O2/c1-14-21-22-18(24(14)3)12-23(2)13-19(26)25-10-9-20-11-16(25)15-7-5-6-8-17(15)27-4/h5-8,16,20H,9-13H2,1-4H3. The molecule has 1 saturated heterocycles. The van der Waals surface area contributed by atoms with Crippen molar-refractivity contribution in [2.75, 3.05) is 40.3 Å². The van der Waals surface area contributed by atoms with Crippen LogP contribution in [0.15, 0.2) is 24.3 Å². The summed E-state index contributed by atoms with van der Waals surface area (Å²) < 4.78 is 7.46. The fraction of sp³-hybridized carbons (Fsp3) is 0.526. The van der Waals surface area contributed by atoms with Crippen LogP contribution < -0.4 is 10.1 Å². The van der Waals surface area contributed by atoms with E-state index >= 15 is 0 Å². The minimum absolute atomic E-state index is 0.0344. The summed E-state index contributed by atoms with van der Waals surface area (Å²) in [6.45, 7) is 5.02. The summed E-state index contributed by atoms with van der Waals surface area (Å²) >= 11 is 0. The van der Waals surface area contributed by atoms with Gasteiger partial charge >= 0.3 is 0 Å². The van der Waals surface area contributed by atoms with Crippen LogP contribution in [0.5, 0.6) is 5.75 Å². The smallest absolute Gasteiger partial charge is 0.237 e. The SMILES string of the molecule is COc1ccccc1C1CNCCN1C(=O)CN(C)Cc1nnc(C)n1C. The molecule has 0 aliphatic carbocycles. The lowest BCUT2D eigenvalue weighted by molar-refractivity contribution is -0.135. The third-order valence-corrected chi connectivity index (χ3v) is 5.06. The van der Waals surface area contributed by atoms with E-state index in [2.05, 4.69) is 15.5 Å². The number of hydrogen-bond acceptors (Lipinski definition) is 6. The van der Waals surface area contributed by atoms with E-state index < -0.39 is 0 Å². The Labute approximate surface area is 160 Å². The second-order valence-electron chi connectivity index (χ2n) is 6.94. The number of carbonyl (C=O) groups excluding carboxylic acids is 1. The number of hydrogen-bond donors (Lipinski definition) is 1. The Morgan fingerprint density at radius 2 is 2.15 bits per heavy atom. The van der Waals surface area contributed by atoms with Crippen molar-refractivity contribution in [3.63, 3.8) is 0 Å². The van der Waals surface area contributed by atoms with Gasteiger partial charge in [-0.2, -0.15) is 0 Å². The van der Waals surface area contributed by atoms with Crippen LogP contribution in [0.1, 0.15) is 23.3 Å². The summed E-state index contributed by atoms with van der Waals surface area (Å²) in [5.74, 6) is 2.63. The molecule has 1 aromatic carbocycles. The molecule has 1 fully saturated rings. The van der Waals surface area contributed by atoms with Gasteiger partial charge in [-0.3, -0.25) is 9.69 Å². The Balaban J connectivity index is 1.70. The van der Waals surface area contributed by atoms with E-state index in [1.54, 1.807) is 7.11 Å². The average Bonchev–Trinajstić information content (AvgIpc) is 2.99. The molecule has 1 unspecified atom stereocenters. The number of piperazine rings is 1.